The molecular weight excluding hydrogens is 284 g/mol. The van der Waals surface area contributed by atoms with E-state index in [4.69, 9.17) is 4.74 Å². The summed E-state index contributed by atoms with van der Waals surface area (Å²) in [5, 5.41) is 2.09. The Bertz CT molecular complexity index is 588. The third-order valence-electron chi connectivity index (χ3n) is 4.02. The maximum absolute atomic E-state index is 5.47. The van der Waals surface area contributed by atoms with Crippen LogP contribution < -0.4 is 4.90 Å². The summed E-state index contributed by atoms with van der Waals surface area (Å²) in [6.07, 6.45) is 1.68. The molecule has 0 saturated carbocycles. The van der Waals surface area contributed by atoms with Crippen LogP contribution in [0.2, 0.25) is 0 Å². The molecule has 1 atom stereocenters. The van der Waals surface area contributed by atoms with E-state index in [2.05, 4.69) is 38.1 Å². The predicted molar refractivity (Wildman–Crippen MR) is 87.2 cm³/mol. The summed E-state index contributed by atoms with van der Waals surface area (Å²) in [5.74, 6) is 1.09. The Hall–Kier alpha value is -1.24. The van der Waals surface area contributed by atoms with Crippen LogP contribution in [0.1, 0.15) is 13.8 Å². The molecule has 2 aromatic rings. The van der Waals surface area contributed by atoms with Crippen molar-refractivity contribution >= 4 is 27.4 Å². The lowest BCUT2D eigenvalue weighted by Crippen LogP contribution is -2.53. The van der Waals surface area contributed by atoms with Gasteiger partial charge in [0.15, 0.2) is 0 Å². The second kappa shape index (κ2) is 6.68. The van der Waals surface area contributed by atoms with Crippen molar-refractivity contribution in [2.45, 2.75) is 19.9 Å². The third-order valence-corrected chi connectivity index (χ3v) is 4.92. The van der Waals surface area contributed by atoms with Crippen molar-refractivity contribution < 1.29 is 4.74 Å². The average Bonchev–Trinajstić information content (AvgIpc) is 2.97. The van der Waals surface area contributed by atoms with Crippen molar-refractivity contribution in [3.05, 3.63) is 17.8 Å². The lowest BCUT2D eigenvalue weighted by atomic mass is 10.2. The molecule has 0 unspecified atom stereocenters. The highest BCUT2D eigenvalue weighted by Gasteiger charge is 2.25. The Morgan fingerprint density at radius 1 is 1.38 bits per heavy atom. The Labute approximate surface area is 129 Å². The van der Waals surface area contributed by atoms with Gasteiger partial charge in [-0.2, -0.15) is 0 Å². The first kappa shape index (κ1) is 14.7. The summed E-state index contributed by atoms with van der Waals surface area (Å²) in [6, 6.07) is 2.58. The Balaban J connectivity index is 1.68. The van der Waals surface area contributed by atoms with Crippen molar-refractivity contribution in [2.24, 2.45) is 0 Å². The van der Waals surface area contributed by atoms with E-state index in [9.17, 15) is 0 Å². The Morgan fingerprint density at radius 2 is 2.29 bits per heavy atom. The van der Waals surface area contributed by atoms with Crippen molar-refractivity contribution in [1.29, 1.82) is 0 Å². The molecule has 0 aromatic carbocycles. The zero-order chi connectivity index (χ0) is 14.7. The summed E-state index contributed by atoms with van der Waals surface area (Å²) in [6.45, 7) is 10.0. The highest BCUT2D eigenvalue weighted by molar-refractivity contribution is 7.17. The van der Waals surface area contributed by atoms with Crippen LogP contribution in [0.15, 0.2) is 17.8 Å². The molecule has 1 aliphatic heterocycles. The van der Waals surface area contributed by atoms with Crippen LogP contribution in [-0.2, 0) is 4.74 Å². The first-order chi connectivity index (χ1) is 10.3. The zero-order valence-electron chi connectivity index (χ0n) is 12.7. The van der Waals surface area contributed by atoms with Crippen LogP contribution in [-0.4, -0.2) is 60.3 Å². The molecule has 0 aliphatic carbocycles. The van der Waals surface area contributed by atoms with Crippen LogP contribution in [0.25, 0.3) is 10.2 Å². The van der Waals surface area contributed by atoms with Crippen LogP contribution in [0.5, 0.6) is 0 Å². The number of piperazine rings is 1. The molecular formula is C15H22N4OS. The van der Waals surface area contributed by atoms with Crippen LogP contribution in [0.4, 0.5) is 5.82 Å². The molecule has 0 spiro atoms. The fraction of sp³-hybridized carbons (Fsp3) is 0.600. The molecule has 6 heteroatoms. The molecule has 21 heavy (non-hydrogen) atoms. The van der Waals surface area contributed by atoms with Gasteiger partial charge >= 0.3 is 0 Å². The largest absolute Gasteiger partial charge is 0.380 e. The van der Waals surface area contributed by atoms with E-state index < -0.39 is 0 Å². The van der Waals surface area contributed by atoms with E-state index in [-0.39, 0.29) is 0 Å². The number of ether oxygens (including phenoxy) is 1. The van der Waals surface area contributed by atoms with Gasteiger partial charge in [0.1, 0.15) is 12.1 Å². The molecule has 0 N–H and O–H groups in total. The summed E-state index contributed by atoms with van der Waals surface area (Å²) in [7, 11) is 0. The number of fused-ring (bicyclic) bond motifs is 1. The minimum Gasteiger partial charge on any atom is -0.380 e. The third kappa shape index (κ3) is 3.17. The Morgan fingerprint density at radius 3 is 3.10 bits per heavy atom. The number of aromatic nitrogens is 2. The minimum atomic E-state index is 0.518. The van der Waals surface area contributed by atoms with E-state index in [1.165, 1.54) is 4.70 Å². The normalized spacial score (nSPS) is 20.3. The van der Waals surface area contributed by atoms with Gasteiger partial charge in [-0.3, -0.25) is 4.90 Å². The van der Waals surface area contributed by atoms with E-state index >= 15 is 0 Å². The zero-order valence-corrected chi connectivity index (χ0v) is 13.5. The maximum Gasteiger partial charge on any atom is 0.150 e. The van der Waals surface area contributed by atoms with Gasteiger partial charge in [0.05, 0.1) is 16.8 Å². The van der Waals surface area contributed by atoms with Crippen LogP contribution in [0, 0.1) is 0 Å². The van der Waals surface area contributed by atoms with Crippen molar-refractivity contribution in [3.63, 3.8) is 0 Å². The topological polar surface area (TPSA) is 41.5 Å². The molecule has 0 bridgehead atoms. The smallest absolute Gasteiger partial charge is 0.150 e. The molecule has 2 aromatic heterocycles. The lowest BCUT2D eigenvalue weighted by Gasteiger charge is -2.40. The average molecular weight is 306 g/mol. The quantitative estimate of drug-likeness (QED) is 0.793. The number of rotatable bonds is 5. The van der Waals surface area contributed by atoms with Crippen LogP contribution >= 0.6 is 11.3 Å². The lowest BCUT2D eigenvalue weighted by molar-refractivity contribution is 0.0925. The number of hydrogen-bond acceptors (Lipinski definition) is 6. The van der Waals surface area contributed by atoms with E-state index in [1.807, 2.05) is 6.92 Å². The SMILES string of the molecule is CCOCCN1CCN(c2ncnc3ccsc23)C[C@@H]1C. The van der Waals surface area contributed by atoms with Gasteiger partial charge in [-0.25, -0.2) is 9.97 Å². The molecule has 5 nitrogen and oxygen atoms in total. The van der Waals surface area contributed by atoms with Crippen molar-refractivity contribution in [2.75, 3.05) is 44.3 Å². The highest BCUT2D eigenvalue weighted by atomic mass is 32.1. The van der Waals surface area contributed by atoms with Gasteiger partial charge < -0.3 is 9.64 Å². The number of hydrogen-bond donors (Lipinski definition) is 0. The van der Waals surface area contributed by atoms with Gasteiger partial charge in [0.2, 0.25) is 0 Å². The molecule has 1 saturated heterocycles. The van der Waals surface area contributed by atoms with E-state index in [0.29, 0.717) is 6.04 Å². The van der Waals surface area contributed by atoms with Gasteiger partial charge in [-0.05, 0) is 25.3 Å². The first-order valence-corrected chi connectivity index (χ1v) is 8.42. The molecule has 3 rings (SSSR count). The van der Waals surface area contributed by atoms with Gasteiger partial charge in [0.25, 0.3) is 0 Å². The summed E-state index contributed by atoms with van der Waals surface area (Å²) >= 11 is 1.73. The van der Waals surface area contributed by atoms with Gasteiger partial charge in [-0.1, -0.05) is 0 Å². The highest BCUT2D eigenvalue weighted by Crippen LogP contribution is 2.29. The minimum absolute atomic E-state index is 0.518. The van der Waals surface area contributed by atoms with Crippen molar-refractivity contribution in [1.82, 2.24) is 14.9 Å². The Kier molecular flexibility index (Phi) is 4.67. The monoisotopic (exact) mass is 306 g/mol. The summed E-state index contributed by atoms with van der Waals surface area (Å²) < 4.78 is 6.67. The second-order valence-electron chi connectivity index (χ2n) is 5.36. The summed E-state index contributed by atoms with van der Waals surface area (Å²) in [4.78, 5) is 13.7. The van der Waals surface area contributed by atoms with E-state index in [1.54, 1.807) is 17.7 Å². The molecule has 0 amide bonds. The molecule has 1 aliphatic rings. The first-order valence-electron chi connectivity index (χ1n) is 7.54. The van der Waals surface area contributed by atoms with E-state index in [0.717, 1.165) is 50.7 Å². The molecule has 3 heterocycles. The second-order valence-corrected chi connectivity index (χ2v) is 6.28. The standard InChI is InChI=1S/C15H22N4OS/c1-3-20-8-7-18-5-6-19(10-12(18)2)15-14-13(4-9-21-14)16-11-17-15/h4,9,11-12H,3,5-8,10H2,1-2H3/t12-/m0/s1. The fourth-order valence-electron chi connectivity index (χ4n) is 2.85. The fourth-order valence-corrected chi connectivity index (χ4v) is 3.71. The summed E-state index contributed by atoms with van der Waals surface area (Å²) in [5.41, 5.74) is 1.05. The molecule has 0 radical (unpaired) electrons. The van der Waals surface area contributed by atoms with Gasteiger partial charge in [-0.15, -0.1) is 11.3 Å². The molecule has 1 fully saturated rings. The number of thiophene rings is 1. The van der Waals surface area contributed by atoms with Gasteiger partial charge in [0, 0.05) is 38.8 Å². The predicted octanol–water partition coefficient (Wildman–Crippen LogP) is 2.24. The molecule has 114 valence electrons. The number of nitrogens with zero attached hydrogens (tertiary/aromatic N) is 4. The maximum atomic E-state index is 5.47. The van der Waals surface area contributed by atoms with Crippen LogP contribution in [0.3, 0.4) is 0 Å². The van der Waals surface area contributed by atoms with Crippen molar-refractivity contribution in [3.8, 4) is 0 Å². The number of anilines is 1.